The summed E-state index contributed by atoms with van der Waals surface area (Å²) in [5.74, 6) is -1.63. The summed E-state index contributed by atoms with van der Waals surface area (Å²) >= 11 is 9.33. The second kappa shape index (κ2) is 11.0. The first-order valence-corrected chi connectivity index (χ1v) is 13.1. The Labute approximate surface area is 225 Å². The van der Waals surface area contributed by atoms with E-state index < -0.39 is 23.0 Å². The zero-order valence-electron chi connectivity index (χ0n) is 19.1. The molecule has 0 unspecified atom stereocenters. The highest BCUT2D eigenvalue weighted by molar-refractivity contribution is 14.1. The van der Waals surface area contributed by atoms with Crippen molar-refractivity contribution in [3.8, 4) is 0 Å². The molecule has 0 heterocycles. The number of hydrogen-bond donors (Lipinski definition) is 4. The molecule has 180 valence electrons. The lowest BCUT2D eigenvalue weighted by Gasteiger charge is -2.16. The number of halogens is 3. The quantitative estimate of drug-likeness (QED) is 0.279. The van der Waals surface area contributed by atoms with Gasteiger partial charge in [-0.25, -0.2) is 4.79 Å². The number of aryl methyl sites for hydroxylation is 4. The molecule has 0 aromatic heterocycles. The Hall–Kier alpha value is -1.17. The summed E-state index contributed by atoms with van der Waals surface area (Å²) in [5.41, 5.74) is 9.38. The molecule has 0 aliphatic heterocycles. The van der Waals surface area contributed by atoms with Crippen molar-refractivity contribution in [1.82, 2.24) is 0 Å². The fraction of sp³-hybridized carbons (Fsp3) is 0.417. The molecular formula is C24H29Br2IN2O4. The number of aliphatic carboxylic acids is 2. The highest BCUT2D eigenvalue weighted by Crippen LogP contribution is 2.40. The van der Waals surface area contributed by atoms with Crippen LogP contribution in [-0.4, -0.2) is 33.2 Å². The van der Waals surface area contributed by atoms with Crippen molar-refractivity contribution < 1.29 is 19.8 Å². The second-order valence-electron chi connectivity index (χ2n) is 8.75. The van der Waals surface area contributed by atoms with Gasteiger partial charge in [-0.1, -0.05) is 31.9 Å². The van der Waals surface area contributed by atoms with Gasteiger partial charge in [-0.05, 0) is 122 Å². The second-order valence-corrected chi connectivity index (χ2v) is 11.6. The molecule has 9 heteroatoms. The highest BCUT2D eigenvalue weighted by Gasteiger charge is 2.50. The molecule has 0 spiro atoms. The molecule has 2 aromatic carbocycles. The van der Waals surface area contributed by atoms with Gasteiger partial charge in [-0.2, -0.15) is 0 Å². The first-order chi connectivity index (χ1) is 15.2. The molecule has 2 fully saturated rings. The summed E-state index contributed by atoms with van der Waals surface area (Å²) in [5, 5.41) is 20.4. The van der Waals surface area contributed by atoms with Crippen LogP contribution in [0.1, 0.15) is 47.9 Å². The average molecular weight is 696 g/mol. The van der Waals surface area contributed by atoms with E-state index in [9.17, 15) is 9.59 Å². The molecule has 33 heavy (non-hydrogen) atoms. The molecule has 0 radical (unpaired) electrons. The molecule has 0 saturated heterocycles. The maximum Gasteiger partial charge on any atom is 0.329 e. The van der Waals surface area contributed by atoms with Crippen LogP contribution >= 0.6 is 54.5 Å². The molecule has 4 rings (SSSR count). The normalized spacial score (nSPS) is 16.4. The topological polar surface area (TPSA) is 113 Å². The van der Waals surface area contributed by atoms with Gasteiger partial charge in [0.25, 0.3) is 0 Å². The maximum atomic E-state index is 11.1. The third-order valence-electron chi connectivity index (χ3n) is 5.60. The van der Waals surface area contributed by atoms with Crippen molar-refractivity contribution in [3.05, 3.63) is 59.0 Å². The fourth-order valence-electron chi connectivity index (χ4n) is 3.05. The van der Waals surface area contributed by atoms with E-state index in [-0.39, 0.29) is 0 Å². The van der Waals surface area contributed by atoms with Crippen molar-refractivity contribution in [2.75, 3.05) is 5.32 Å². The van der Waals surface area contributed by atoms with Gasteiger partial charge in [-0.15, -0.1) is 0 Å². The lowest BCUT2D eigenvalue weighted by Crippen LogP contribution is -2.31. The van der Waals surface area contributed by atoms with E-state index in [1.165, 1.54) is 19.2 Å². The lowest BCUT2D eigenvalue weighted by molar-refractivity contribution is -0.140. The van der Waals surface area contributed by atoms with Gasteiger partial charge in [0.05, 0.1) is 0 Å². The Kier molecular flexibility index (Phi) is 9.40. The summed E-state index contributed by atoms with van der Waals surface area (Å²) in [4.78, 5) is 21.0. The minimum Gasteiger partial charge on any atom is -0.480 e. The monoisotopic (exact) mass is 694 g/mol. The van der Waals surface area contributed by atoms with Crippen molar-refractivity contribution in [3.63, 3.8) is 0 Å². The molecule has 2 aliphatic carbocycles. The van der Waals surface area contributed by atoms with Crippen LogP contribution < -0.4 is 11.1 Å². The highest BCUT2D eigenvalue weighted by atomic mass is 127. The minimum absolute atomic E-state index is 0.641. The SMILES string of the molecule is Cc1cc(I)cc(C)c1Br.Cc1cc(NC2(C(=O)O)CC2)cc(C)c1Br.NC1(C(=O)O)CC1. The average Bonchev–Trinajstić information content (AvgIpc) is 3.63. The molecule has 5 N–H and O–H groups in total. The molecule has 0 amide bonds. The Morgan fingerprint density at radius 3 is 1.52 bits per heavy atom. The van der Waals surface area contributed by atoms with E-state index >= 15 is 0 Å². The predicted octanol–water partition coefficient (Wildman–Crippen LogP) is 6.33. The van der Waals surface area contributed by atoms with E-state index in [0.717, 1.165) is 21.3 Å². The largest absolute Gasteiger partial charge is 0.480 e. The van der Waals surface area contributed by atoms with Crippen molar-refractivity contribution >= 4 is 72.1 Å². The molecule has 0 atom stereocenters. The Balaban J connectivity index is 0.000000193. The van der Waals surface area contributed by atoms with E-state index in [0.29, 0.717) is 25.7 Å². The van der Waals surface area contributed by atoms with Crippen LogP contribution in [0.15, 0.2) is 33.2 Å². The number of nitrogens with one attached hydrogen (secondary N) is 1. The number of benzene rings is 2. The number of carboxylic acid groups (broad SMARTS) is 2. The standard InChI is InChI=1S/C12H14BrNO2.C8H8BrI.C4H7NO2/c1-7-5-9(6-8(2)10(7)13)14-12(3-4-12)11(15)16;1-5-3-7(10)4-6(2)8(5)9;5-4(1-2-4)3(6)7/h5-6,14H,3-4H2,1-2H3,(H,15,16);3-4H,1-2H3;1-2,5H2,(H,6,7). The molecule has 2 saturated carbocycles. The molecule has 2 aromatic rings. The Morgan fingerprint density at radius 2 is 1.24 bits per heavy atom. The minimum atomic E-state index is -0.868. The fourth-order valence-corrected chi connectivity index (χ4v) is 4.45. The van der Waals surface area contributed by atoms with Crippen LogP contribution in [0.5, 0.6) is 0 Å². The summed E-state index contributed by atoms with van der Waals surface area (Å²) in [6.45, 7) is 8.23. The third-order valence-corrected chi connectivity index (χ3v) is 8.72. The van der Waals surface area contributed by atoms with Gasteiger partial charge in [0.2, 0.25) is 0 Å². The molecule has 6 nitrogen and oxygen atoms in total. The van der Waals surface area contributed by atoms with E-state index in [2.05, 4.69) is 85.7 Å². The zero-order valence-corrected chi connectivity index (χ0v) is 24.4. The van der Waals surface area contributed by atoms with Crippen molar-refractivity contribution in [2.45, 2.75) is 64.5 Å². The number of rotatable bonds is 4. The van der Waals surface area contributed by atoms with Gasteiger partial charge in [0.15, 0.2) is 0 Å². The number of nitrogens with two attached hydrogens (primary N) is 1. The number of carbonyl (C=O) groups is 2. The van der Waals surface area contributed by atoms with E-state index in [4.69, 9.17) is 15.9 Å². The van der Waals surface area contributed by atoms with Crippen molar-refractivity contribution in [2.24, 2.45) is 5.73 Å². The van der Waals surface area contributed by atoms with Crippen LogP contribution in [-0.2, 0) is 9.59 Å². The molecule has 2 aliphatic rings. The summed E-state index contributed by atoms with van der Waals surface area (Å²) in [6, 6.07) is 8.27. The Bertz CT molecular complexity index is 1020. The smallest absolute Gasteiger partial charge is 0.329 e. The zero-order chi connectivity index (χ0) is 25.1. The Morgan fingerprint density at radius 1 is 0.848 bits per heavy atom. The van der Waals surface area contributed by atoms with E-state index in [1.807, 2.05) is 26.0 Å². The third kappa shape index (κ3) is 7.66. The summed E-state index contributed by atoms with van der Waals surface area (Å²) < 4.78 is 3.61. The molecular weight excluding hydrogens is 667 g/mol. The van der Waals surface area contributed by atoms with Crippen LogP contribution in [0.3, 0.4) is 0 Å². The lowest BCUT2D eigenvalue weighted by atomic mass is 10.1. The first-order valence-electron chi connectivity index (χ1n) is 10.4. The summed E-state index contributed by atoms with van der Waals surface area (Å²) in [6.07, 6.45) is 2.69. The van der Waals surface area contributed by atoms with Gasteiger partial charge in [-0.3, -0.25) is 4.79 Å². The molecule has 0 bridgehead atoms. The van der Waals surface area contributed by atoms with Gasteiger partial charge in [0.1, 0.15) is 11.1 Å². The van der Waals surface area contributed by atoms with Crippen molar-refractivity contribution in [1.29, 1.82) is 0 Å². The van der Waals surface area contributed by atoms with Crippen LogP contribution in [0.25, 0.3) is 0 Å². The van der Waals surface area contributed by atoms with Crippen LogP contribution in [0, 0.1) is 31.3 Å². The number of anilines is 1. The predicted molar refractivity (Wildman–Crippen MR) is 147 cm³/mol. The maximum absolute atomic E-state index is 11.1. The van der Waals surface area contributed by atoms with Gasteiger partial charge >= 0.3 is 11.9 Å². The number of hydrogen-bond acceptors (Lipinski definition) is 4. The number of carboxylic acids is 2. The first kappa shape index (κ1) is 28.1. The summed E-state index contributed by atoms with van der Waals surface area (Å²) in [7, 11) is 0. The van der Waals surface area contributed by atoms with E-state index in [1.54, 1.807) is 0 Å². The van der Waals surface area contributed by atoms with Crippen LogP contribution in [0.4, 0.5) is 5.69 Å². The van der Waals surface area contributed by atoms with Gasteiger partial charge < -0.3 is 21.3 Å². The van der Waals surface area contributed by atoms with Crippen LogP contribution in [0.2, 0.25) is 0 Å². The van der Waals surface area contributed by atoms with Gasteiger partial charge in [0, 0.05) is 18.2 Å².